The first-order valence-electron chi connectivity index (χ1n) is 5.78. The van der Waals surface area contributed by atoms with Crippen molar-refractivity contribution in [2.75, 3.05) is 7.05 Å². The highest BCUT2D eigenvalue weighted by Crippen LogP contribution is 2.25. The van der Waals surface area contributed by atoms with Crippen molar-refractivity contribution in [3.8, 4) is 5.69 Å². The van der Waals surface area contributed by atoms with Crippen LogP contribution >= 0.6 is 15.9 Å². The summed E-state index contributed by atoms with van der Waals surface area (Å²) < 4.78 is 2.42. The Morgan fingerprint density at radius 3 is 2.79 bits per heavy atom. The first kappa shape index (κ1) is 13.8. The van der Waals surface area contributed by atoms with E-state index >= 15 is 0 Å². The number of carbonyl (C=O) groups is 1. The fourth-order valence-corrected chi connectivity index (χ4v) is 2.41. The molecule has 0 saturated carbocycles. The molecule has 6 heteroatoms. The Morgan fingerprint density at radius 1 is 1.47 bits per heavy atom. The molecular formula is C13H14BrN3O2. The maximum Gasteiger partial charge on any atom is 0.271 e. The maximum atomic E-state index is 11.4. The second-order valence-corrected chi connectivity index (χ2v) is 4.96. The fourth-order valence-electron chi connectivity index (χ4n) is 1.71. The summed E-state index contributed by atoms with van der Waals surface area (Å²) in [7, 11) is 1.56. The number of nitrogens with zero attached hydrogens (tertiary/aromatic N) is 2. The first-order valence-corrected chi connectivity index (χ1v) is 6.58. The smallest absolute Gasteiger partial charge is 0.271 e. The van der Waals surface area contributed by atoms with Crippen LogP contribution in [0.25, 0.3) is 5.69 Å². The molecule has 1 heterocycles. The number of nitrogens with one attached hydrogen (secondary N) is 1. The Balaban J connectivity index is 2.35. The molecule has 1 aromatic carbocycles. The third kappa shape index (κ3) is 2.85. The number of aliphatic hydroxyl groups is 1. The van der Waals surface area contributed by atoms with E-state index < -0.39 is 6.10 Å². The van der Waals surface area contributed by atoms with Gasteiger partial charge in [-0.25, -0.2) is 4.68 Å². The highest BCUT2D eigenvalue weighted by Gasteiger charge is 2.10. The van der Waals surface area contributed by atoms with E-state index in [4.69, 9.17) is 0 Å². The third-order valence-electron chi connectivity index (χ3n) is 2.75. The van der Waals surface area contributed by atoms with Crippen molar-refractivity contribution >= 4 is 21.8 Å². The third-order valence-corrected chi connectivity index (χ3v) is 3.43. The largest absolute Gasteiger partial charge is 0.389 e. The Labute approximate surface area is 119 Å². The second kappa shape index (κ2) is 5.54. The molecule has 1 atom stereocenters. The molecule has 19 heavy (non-hydrogen) atoms. The van der Waals surface area contributed by atoms with Crippen molar-refractivity contribution in [3.63, 3.8) is 0 Å². The van der Waals surface area contributed by atoms with Gasteiger partial charge in [0.2, 0.25) is 0 Å². The Bertz CT molecular complexity index is 608. The van der Waals surface area contributed by atoms with E-state index in [-0.39, 0.29) is 5.91 Å². The zero-order valence-corrected chi connectivity index (χ0v) is 12.2. The minimum absolute atomic E-state index is 0.224. The summed E-state index contributed by atoms with van der Waals surface area (Å²) in [6.07, 6.45) is 1.18. The molecule has 2 rings (SSSR count). The maximum absolute atomic E-state index is 11.4. The summed E-state index contributed by atoms with van der Waals surface area (Å²) in [5, 5.41) is 16.3. The molecule has 0 aliphatic heterocycles. The standard InChI is InChI=1S/C13H14BrN3O2/c1-8(18)10-4-3-9(7-11(10)14)17-6-5-12(16-17)13(19)15-2/h3-8,18H,1-2H3,(H,15,19)/t8-/m0/s1. The van der Waals surface area contributed by atoms with E-state index in [0.717, 1.165) is 15.7 Å². The molecular weight excluding hydrogens is 310 g/mol. The molecule has 0 aliphatic rings. The molecule has 0 aliphatic carbocycles. The molecule has 1 amide bonds. The lowest BCUT2D eigenvalue weighted by Crippen LogP contribution is -2.18. The van der Waals surface area contributed by atoms with Gasteiger partial charge in [-0.3, -0.25) is 4.79 Å². The lowest BCUT2D eigenvalue weighted by atomic mass is 10.1. The lowest BCUT2D eigenvalue weighted by molar-refractivity contribution is 0.0957. The zero-order valence-electron chi connectivity index (χ0n) is 10.6. The lowest BCUT2D eigenvalue weighted by Gasteiger charge is -2.09. The number of carbonyl (C=O) groups excluding carboxylic acids is 1. The summed E-state index contributed by atoms with van der Waals surface area (Å²) in [6, 6.07) is 7.16. The Kier molecular flexibility index (Phi) is 4.01. The number of rotatable bonds is 3. The molecule has 0 bridgehead atoms. The van der Waals surface area contributed by atoms with Crippen LogP contribution in [0.4, 0.5) is 0 Å². The zero-order chi connectivity index (χ0) is 14.0. The Morgan fingerprint density at radius 2 is 2.21 bits per heavy atom. The van der Waals surface area contributed by atoms with Crippen LogP contribution in [0.15, 0.2) is 34.9 Å². The van der Waals surface area contributed by atoms with Crippen LogP contribution in [0, 0.1) is 0 Å². The van der Waals surface area contributed by atoms with E-state index in [9.17, 15) is 9.90 Å². The molecule has 100 valence electrons. The average molecular weight is 324 g/mol. The fraction of sp³-hybridized carbons (Fsp3) is 0.231. The van der Waals surface area contributed by atoms with Gasteiger partial charge in [-0.1, -0.05) is 22.0 Å². The Hall–Kier alpha value is -1.66. The normalized spacial score (nSPS) is 12.2. The highest BCUT2D eigenvalue weighted by atomic mass is 79.9. The van der Waals surface area contributed by atoms with Gasteiger partial charge in [0, 0.05) is 17.7 Å². The van der Waals surface area contributed by atoms with Crippen LogP contribution in [0.3, 0.4) is 0 Å². The minimum atomic E-state index is -0.539. The van der Waals surface area contributed by atoms with E-state index in [2.05, 4.69) is 26.3 Å². The number of aromatic nitrogens is 2. The van der Waals surface area contributed by atoms with Crippen molar-refractivity contribution in [2.45, 2.75) is 13.0 Å². The summed E-state index contributed by atoms with van der Waals surface area (Å²) in [5.41, 5.74) is 1.98. The molecule has 0 spiro atoms. The summed E-state index contributed by atoms with van der Waals surface area (Å²) in [5.74, 6) is -0.224. The average Bonchev–Trinajstić information content (AvgIpc) is 2.86. The van der Waals surface area contributed by atoms with Gasteiger partial charge in [-0.2, -0.15) is 5.10 Å². The monoisotopic (exact) mass is 323 g/mol. The van der Waals surface area contributed by atoms with Crippen LogP contribution < -0.4 is 5.32 Å². The summed E-state index contributed by atoms with van der Waals surface area (Å²) >= 11 is 3.41. The highest BCUT2D eigenvalue weighted by molar-refractivity contribution is 9.10. The predicted octanol–water partition coefficient (Wildman–Crippen LogP) is 2.05. The van der Waals surface area contributed by atoms with Crippen molar-refractivity contribution in [3.05, 3.63) is 46.2 Å². The molecule has 0 unspecified atom stereocenters. The van der Waals surface area contributed by atoms with Gasteiger partial charge in [-0.05, 0) is 30.7 Å². The van der Waals surface area contributed by atoms with Crippen LogP contribution in [0.2, 0.25) is 0 Å². The number of amides is 1. The van der Waals surface area contributed by atoms with Gasteiger partial charge in [0.25, 0.3) is 5.91 Å². The molecule has 2 aromatic rings. The second-order valence-electron chi connectivity index (χ2n) is 4.11. The van der Waals surface area contributed by atoms with Crippen molar-refractivity contribution in [2.24, 2.45) is 0 Å². The van der Waals surface area contributed by atoms with E-state index in [0.29, 0.717) is 5.69 Å². The summed E-state index contributed by atoms with van der Waals surface area (Å²) in [6.45, 7) is 1.71. The van der Waals surface area contributed by atoms with Gasteiger partial charge in [0.15, 0.2) is 5.69 Å². The van der Waals surface area contributed by atoms with Crippen molar-refractivity contribution in [1.82, 2.24) is 15.1 Å². The quantitative estimate of drug-likeness (QED) is 0.908. The van der Waals surface area contributed by atoms with E-state index in [1.54, 1.807) is 30.9 Å². The summed E-state index contributed by atoms with van der Waals surface area (Å²) in [4.78, 5) is 11.4. The van der Waals surface area contributed by atoms with Crippen LogP contribution in [-0.2, 0) is 0 Å². The molecule has 1 aromatic heterocycles. The molecule has 0 saturated heterocycles. The van der Waals surface area contributed by atoms with Gasteiger partial charge in [0.1, 0.15) is 0 Å². The van der Waals surface area contributed by atoms with E-state index in [1.807, 2.05) is 18.2 Å². The van der Waals surface area contributed by atoms with Crippen molar-refractivity contribution < 1.29 is 9.90 Å². The molecule has 2 N–H and O–H groups in total. The topological polar surface area (TPSA) is 67.2 Å². The van der Waals surface area contributed by atoms with E-state index in [1.165, 1.54) is 0 Å². The molecule has 5 nitrogen and oxygen atoms in total. The van der Waals surface area contributed by atoms with Crippen LogP contribution in [0.5, 0.6) is 0 Å². The molecule has 0 fully saturated rings. The number of hydrogen-bond acceptors (Lipinski definition) is 3. The number of hydrogen-bond donors (Lipinski definition) is 2. The van der Waals surface area contributed by atoms with Gasteiger partial charge >= 0.3 is 0 Å². The number of halogens is 1. The van der Waals surface area contributed by atoms with Gasteiger partial charge < -0.3 is 10.4 Å². The first-order chi connectivity index (χ1) is 9.02. The molecule has 0 radical (unpaired) electrons. The minimum Gasteiger partial charge on any atom is -0.389 e. The number of aliphatic hydroxyl groups excluding tert-OH is 1. The predicted molar refractivity (Wildman–Crippen MR) is 75.3 cm³/mol. The van der Waals surface area contributed by atoms with Crippen LogP contribution in [-0.4, -0.2) is 27.8 Å². The van der Waals surface area contributed by atoms with Gasteiger partial charge in [-0.15, -0.1) is 0 Å². The SMILES string of the molecule is CNC(=O)c1ccn(-c2ccc([C@H](C)O)c(Br)c2)n1. The number of benzene rings is 1. The van der Waals surface area contributed by atoms with Crippen molar-refractivity contribution in [1.29, 1.82) is 0 Å². The van der Waals surface area contributed by atoms with Gasteiger partial charge in [0.05, 0.1) is 11.8 Å². The van der Waals surface area contributed by atoms with Crippen LogP contribution in [0.1, 0.15) is 29.1 Å².